The topological polar surface area (TPSA) is 78.4 Å². The second-order valence-electron chi connectivity index (χ2n) is 4.86. The molecule has 0 heterocycles. The molecule has 0 fully saturated rings. The number of carbonyl (C=O) groups is 2. The fourth-order valence-corrected chi connectivity index (χ4v) is 1.84. The number of hydrogen-bond acceptors (Lipinski definition) is 3. The first-order valence-electron chi connectivity index (χ1n) is 6.81. The molecule has 3 N–H and O–H groups in total. The first-order valence-corrected chi connectivity index (χ1v) is 6.81. The molecule has 5 heteroatoms. The van der Waals surface area contributed by atoms with Crippen molar-refractivity contribution in [2.24, 2.45) is 0 Å². The van der Waals surface area contributed by atoms with Gasteiger partial charge in [0.2, 0.25) is 5.91 Å². The molecule has 0 bridgehead atoms. The molecule has 1 aromatic carbocycles. The van der Waals surface area contributed by atoms with E-state index >= 15 is 0 Å². The third-order valence-electron chi connectivity index (χ3n) is 3.12. The number of aliphatic carboxylic acids is 1. The summed E-state index contributed by atoms with van der Waals surface area (Å²) < 4.78 is 0. The smallest absolute Gasteiger partial charge is 0.303 e. The lowest BCUT2D eigenvalue weighted by molar-refractivity contribution is -0.137. The molecule has 0 saturated heterocycles. The van der Waals surface area contributed by atoms with Crippen molar-refractivity contribution in [2.45, 2.75) is 46.1 Å². The van der Waals surface area contributed by atoms with Crippen LogP contribution in [0.5, 0.6) is 0 Å². The van der Waals surface area contributed by atoms with Crippen LogP contribution in [0, 0.1) is 6.92 Å². The highest BCUT2D eigenvalue weighted by Gasteiger charge is 2.10. The van der Waals surface area contributed by atoms with E-state index in [4.69, 9.17) is 5.11 Å². The number of carbonyl (C=O) groups excluding carboxylic acids is 1. The van der Waals surface area contributed by atoms with Crippen LogP contribution < -0.4 is 10.6 Å². The first-order chi connectivity index (χ1) is 9.43. The zero-order valence-corrected chi connectivity index (χ0v) is 12.2. The summed E-state index contributed by atoms with van der Waals surface area (Å²) in [6.07, 6.45) is 1.13. The van der Waals surface area contributed by atoms with Gasteiger partial charge in [0.25, 0.3) is 0 Å². The third-order valence-corrected chi connectivity index (χ3v) is 3.12. The Morgan fingerprint density at radius 1 is 1.30 bits per heavy atom. The summed E-state index contributed by atoms with van der Waals surface area (Å²) in [5, 5.41) is 14.8. The van der Waals surface area contributed by atoms with Gasteiger partial charge in [0.05, 0.1) is 0 Å². The highest BCUT2D eigenvalue weighted by Crippen LogP contribution is 2.24. The Balaban J connectivity index is 2.73. The molecule has 0 aliphatic heterocycles. The van der Waals surface area contributed by atoms with Crippen LogP contribution in [0.1, 0.15) is 38.7 Å². The van der Waals surface area contributed by atoms with Crippen LogP contribution >= 0.6 is 0 Å². The lowest BCUT2D eigenvalue weighted by atomic mass is 10.1. The summed E-state index contributed by atoms with van der Waals surface area (Å²) in [7, 11) is 0. The van der Waals surface area contributed by atoms with Gasteiger partial charge in [-0.05, 0) is 38.0 Å². The number of nitrogens with one attached hydrogen (secondary N) is 2. The van der Waals surface area contributed by atoms with Gasteiger partial charge in [-0.25, -0.2) is 0 Å². The standard InChI is InChI=1S/C15H22N2O3/c1-4-14(18)17-13-7-5-6-12(11(13)3)16-10(2)8-9-15(19)20/h5-7,10,16H,4,8-9H2,1-3H3,(H,17,18)(H,19,20). The molecule has 1 unspecified atom stereocenters. The van der Waals surface area contributed by atoms with Crippen molar-refractivity contribution in [1.82, 2.24) is 0 Å². The molecular weight excluding hydrogens is 256 g/mol. The molecule has 0 spiro atoms. The summed E-state index contributed by atoms with van der Waals surface area (Å²) >= 11 is 0. The van der Waals surface area contributed by atoms with Crippen molar-refractivity contribution in [2.75, 3.05) is 10.6 Å². The summed E-state index contributed by atoms with van der Waals surface area (Å²) in [5.41, 5.74) is 2.65. The Morgan fingerprint density at radius 2 is 1.95 bits per heavy atom. The van der Waals surface area contributed by atoms with E-state index in [0.29, 0.717) is 12.8 Å². The molecule has 1 aromatic rings. The van der Waals surface area contributed by atoms with Crippen LogP contribution in [0.25, 0.3) is 0 Å². The van der Waals surface area contributed by atoms with E-state index in [1.165, 1.54) is 0 Å². The van der Waals surface area contributed by atoms with Crippen LogP contribution in [0.15, 0.2) is 18.2 Å². The number of carboxylic acids is 1. The third kappa shape index (κ3) is 4.91. The molecule has 0 aromatic heterocycles. The minimum atomic E-state index is -0.792. The zero-order chi connectivity index (χ0) is 15.1. The van der Waals surface area contributed by atoms with E-state index in [9.17, 15) is 9.59 Å². The number of amides is 1. The van der Waals surface area contributed by atoms with Crippen LogP contribution in [-0.4, -0.2) is 23.0 Å². The number of rotatable bonds is 7. The fraction of sp³-hybridized carbons (Fsp3) is 0.467. The number of benzene rings is 1. The van der Waals surface area contributed by atoms with Crippen LogP contribution in [0.2, 0.25) is 0 Å². The Hall–Kier alpha value is -2.04. The van der Waals surface area contributed by atoms with Gasteiger partial charge in [0.15, 0.2) is 0 Å². The minimum Gasteiger partial charge on any atom is -0.481 e. The summed E-state index contributed by atoms with van der Waals surface area (Å²) in [5.74, 6) is -0.816. The van der Waals surface area contributed by atoms with E-state index in [1.54, 1.807) is 6.92 Å². The maximum Gasteiger partial charge on any atom is 0.303 e. The van der Waals surface area contributed by atoms with Crippen molar-refractivity contribution in [1.29, 1.82) is 0 Å². The van der Waals surface area contributed by atoms with Gasteiger partial charge in [-0.3, -0.25) is 9.59 Å². The Labute approximate surface area is 119 Å². The first kappa shape index (κ1) is 16.0. The SMILES string of the molecule is CCC(=O)Nc1cccc(NC(C)CCC(=O)O)c1C. The Kier molecular flexibility index (Phi) is 6.03. The molecule has 1 atom stereocenters. The minimum absolute atomic E-state index is 0.0239. The monoisotopic (exact) mass is 278 g/mol. The van der Waals surface area contributed by atoms with E-state index in [2.05, 4.69) is 10.6 Å². The van der Waals surface area contributed by atoms with Gasteiger partial charge < -0.3 is 15.7 Å². The van der Waals surface area contributed by atoms with Gasteiger partial charge >= 0.3 is 5.97 Å². The largest absolute Gasteiger partial charge is 0.481 e. The Bertz CT molecular complexity index is 486. The predicted molar refractivity (Wildman–Crippen MR) is 80.1 cm³/mol. The van der Waals surface area contributed by atoms with Gasteiger partial charge in [0, 0.05) is 30.3 Å². The van der Waals surface area contributed by atoms with Gasteiger partial charge in [-0.2, -0.15) is 0 Å². The summed E-state index contributed by atoms with van der Waals surface area (Å²) in [6.45, 7) is 5.68. The number of carboxylic acid groups (broad SMARTS) is 1. The molecule has 0 saturated carbocycles. The second kappa shape index (κ2) is 7.53. The summed E-state index contributed by atoms with van der Waals surface area (Å²) in [4.78, 5) is 22.0. The molecule has 1 amide bonds. The normalized spacial score (nSPS) is 11.8. The molecular formula is C15H22N2O3. The van der Waals surface area contributed by atoms with Crippen LogP contribution in [0.4, 0.5) is 11.4 Å². The van der Waals surface area contributed by atoms with Gasteiger partial charge in [-0.1, -0.05) is 13.0 Å². The average molecular weight is 278 g/mol. The second-order valence-corrected chi connectivity index (χ2v) is 4.86. The van der Waals surface area contributed by atoms with Gasteiger partial charge in [0.1, 0.15) is 0 Å². The number of hydrogen-bond donors (Lipinski definition) is 3. The van der Waals surface area contributed by atoms with E-state index < -0.39 is 5.97 Å². The lowest BCUT2D eigenvalue weighted by Gasteiger charge is -2.18. The number of anilines is 2. The molecule has 0 radical (unpaired) electrons. The van der Waals surface area contributed by atoms with Crippen LogP contribution in [-0.2, 0) is 9.59 Å². The van der Waals surface area contributed by atoms with Gasteiger partial charge in [-0.15, -0.1) is 0 Å². The lowest BCUT2D eigenvalue weighted by Crippen LogP contribution is -2.18. The molecule has 0 aliphatic carbocycles. The summed E-state index contributed by atoms with van der Waals surface area (Å²) in [6, 6.07) is 5.70. The van der Waals surface area contributed by atoms with Crippen molar-refractivity contribution < 1.29 is 14.7 Å². The van der Waals surface area contributed by atoms with E-state index in [-0.39, 0.29) is 18.4 Å². The fourth-order valence-electron chi connectivity index (χ4n) is 1.84. The maximum atomic E-state index is 11.4. The molecule has 110 valence electrons. The van der Waals surface area contributed by atoms with Crippen molar-refractivity contribution in [3.8, 4) is 0 Å². The van der Waals surface area contributed by atoms with Crippen molar-refractivity contribution in [3.63, 3.8) is 0 Å². The van der Waals surface area contributed by atoms with E-state index in [0.717, 1.165) is 16.9 Å². The van der Waals surface area contributed by atoms with E-state index in [1.807, 2.05) is 32.0 Å². The van der Waals surface area contributed by atoms with Crippen molar-refractivity contribution in [3.05, 3.63) is 23.8 Å². The molecule has 1 rings (SSSR count). The highest BCUT2D eigenvalue weighted by atomic mass is 16.4. The maximum absolute atomic E-state index is 11.4. The van der Waals surface area contributed by atoms with Crippen molar-refractivity contribution >= 4 is 23.3 Å². The van der Waals surface area contributed by atoms with Crippen LogP contribution in [0.3, 0.4) is 0 Å². The average Bonchev–Trinajstić information content (AvgIpc) is 2.40. The highest BCUT2D eigenvalue weighted by molar-refractivity contribution is 5.92. The Morgan fingerprint density at radius 3 is 2.55 bits per heavy atom. The predicted octanol–water partition coefficient (Wildman–Crippen LogP) is 3.01. The quantitative estimate of drug-likeness (QED) is 0.716. The molecule has 20 heavy (non-hydrogen) atoms. The molecule has 5 nitrogen and oxygen atoms in total. The zero-order valence-electron chi connectivity index (χ0n) is 12.2. The molecule has 0 aliphatic rings.